The van der Waals surface area contributed by atoms with Gasteiger partial charge < -0.3 is 15.4 Å². The van der Waals surface area contributed by atoms with Crippen molar-refractivity contribution in [3.8, 4) is 5.75 Å². The van der Waals surface area contributed by atoms with Crippen molar-refractivity contribution in [3.63, 3.8) is 0 Å². The number of aryl methyl sites for hydroxylation is 2. The van der Waals surface area contributed by atoms with Crippen LogP contribution in [0.25, 0.3) is 0 Å². The van der Waals surface area contributed by atoms with Gasteiger partial charge in [0, 0.05) is 17.3 Å². The van der Waals surface area contributed by atoms with Crippen LogP contribution in [0.3, 0.4) is 0 Å². The van der Waals surface area contributed by atoms with Crippen molar-refractivity contribution in [2.75, 3.05) is 17.7 Å². The lowest BCUT2D eigenvalue weighted by molar-refractivity contribution is 0.101. The minimum absolute atomic E-state index is 0.0281. The van der Waals surface area contributed by atoms with E-state index < -0.39 is 0 Å². The number of hydrogen-bond donors (Lipinski definition) is 2. The molecule has 1 aromatic heterocycles. The van der Waals surface area contributed by atoms with Crippen LogP contribution in [-0.2, 0) is 0 Å². The van der Waals surface area contributed by atoms with Gasteiger partial charge in [-0.05, 0) is 50.6 Å². The maximum Gasteiger partial charge on any atom is 0.274 e. The number of aromatic nitrogens is 2. The summed E-state index contributed by atoms with van der Waals surface area (Å²) in [6, 6.07) is 14.2. The van der Waals surface area contributed by atoms with E-state index in [2.05, 4.69) is 20.6 Å². The van der Waals surface area contributed by atoms with Crippen molar-refractivity contribution in [2.24, 2.45) is 0 Å². The summed E-state index contributed by atoms with van der Waals surface area (Å²) in [4.78, 5) is 32.9. The molecule has 0 saturated heterocycles. The fourth-order valence-electron chi connectivity index (χ4n) is 2.82. The molecule has 2 N–H and O–H groups in total. The molecule has 0 saturated carbocycles. The van der Waals surface area contributed by atoms with E-state index in [0.717, 1.165) is 5.56 Å². The number of hydrogen-bond acceptors (Lipinski definition) is 6. The summed E-state index contributed by atoms with van der Waals surface area (Å²) < 4.78 is 5.31. The van der Waals surface area contributed by atoms with Gasteiger partial charge in [-0.3, -0.25) is 9.59 Å². The van der Waals surface area contributed by atoms with Gasteiger partial charge in [-0.1, -0.05) is 18.2 Å². The van der Waals surface area contributed by atoms with Gasteiger partial charge in [0.1, 0.15) is 23.1 Å². The fourth-order valence-corrected chi connectivity index (χ4v) is 2.82. The molecule has 7 nitrogen and oxygen atoms in total. The second-order valence-electron chi connectivity index (χ2n) is 6.61. The second-order valence-corrected chi connectivity index (χ2v) is 6.61. The summed E-state index contributed by atoms with van der Waals surface area (Å²) in [5, 5.41) is 5.96. The Morgan fingerprint density at radius 2 is 1.79 bits per heavy atom. The molecule has 0 radical (unpaired) electrons. The number of ketones is 1. The summed E-state index contributed by atoms with van der Waals surface area (Å²) in [6.07, 6.45) is 0. The molecule has 3 rings (SSSR count). The molecule has 1 amide bonds. The summed E-state index contributed by atoms with van der Waals surface area (Å²) >= 11 is 0. The van der Waals surface area contributed by atoms with E-state index in [9.17, 15) is 9.59 Å². The lowest BCUT2D eigenvalue weighted by Crippen LogP contribution is -2.16. The molecule has 0 atom stereocenters. The molecule has 29 heavy (non-hydrogen) atoms. The predicted octanol–water partition coefficient (Wildman–Crippen LogP) is 4.30. The average molecular weight is 390 g/mol. The zero-order chi connectivity index (χ0) is 21.0. The SMILES string of the molecule is COc1ccc(C)cc1NC(=O)c1cc(Nc2cccc(C(C)=O)c2)nc(C)n1. The van der Waals surface area contributed by atoms with E-state index in [0.29, 0.717) is 34.3 Å². The maximum atomic E-state index is 12.8. The van der Waals surface area contributed by atoms with Gasteiger partial charge >= 0.3 is 0 Å². The Balaban J connectivity index is 1.85. The second kappa shape index (κ2) is 8.52. The normalized spacial score (nSPS) is 10.3. The van der Waals surface area contributed by atoms with Crippen LogP contribution in [0, 0.1) is 13.8 Å². The Bertz CT molecular complexity index is 1080. The highest BCUT2D eigenvalue weighted by molar-refractivity contribution is 6.04. The number of Topliss-reactive ketones (excluding diaryl/α,β-unsaturated/α-hetero) is 1. The molecular formula is C22H22N4O3. The van der Waals surface area contributed by atoms with Crippen molar-refractivity contribution >= 4 is 28.9 Å². The lowest BCUT2D eigenvalue weighted by atomic mass is 10.1. The summed E-state index contributed by atoms with van der Waals surface area (Å²) in [7, 11) is 1.55. The van der Waals surface area contributed by atoms with Crippen molar-refractivity contribution in [2.45, 2.75) is 20.8 Å². The number of nitrogens with one attached hydrogen (secondary N) is 2. The van der Waals surface area contributed by atoms with Gasteiger partial charge in [-0.15, -0.1) is 0 Å². The van der Waals surface area contributed by atoms with E-state index in [1.165, 1.54) is 6.92 Å². The number of rotatable bonds is 6. The van der Waals surface area contributed by atoms with Crippen LogP contribution >= 0.6 is 0 Å². The van der Waals surface area contributed by atoms with E-state index >= 15 is 0 Å². The number of benzene rings is 2. The Morgan fingerprint density at radius 1 is 1.00 bits per heavy atom. The first-order chi connectivity index (χ1) is 13.9. The minimum Gasteiger partial charge on any atom is -0.495 e. The van der Waals surface area contributed by atoms with Gasteiger partial charge in [-0.25, -0.2) is 9.97 Å². The van der Waals surface area contributed by atoms with Crippen molar-refractivity contribution in [3.05, 3.63) is 71.2 Å². The molecule has 7 heteroatoms. The van der Waals surface area contributed by atoms with Gasteiger partial charge in [-0.2, -0.15) is 0 Å². The summed E-state index contributed by atoms with van der Waals surface area (Å²) in [6.45, 7) is 5.15. The smallest absolute Gasteiger partial charge is 0.274 e. The number of carbonyl (C=O) groups excluding carboxylic acids is 2. The molecular weight excluding hydrogens is 368 g/mol. The predicted molar refractivity (Wildman–Crippen MR) is 112 cm³/mol. The molecule has 0 aliphatic heterocycles. The standard InChI is InChI=1S/C22H22N4O3/c1-13-8-9-20(29-4)18(10-13)26-22(28)19-12-21(24-15(3)23-19)25-17-7-5-6-16(11-17)14(2)27/h5-12H,1-4H3,(H,26,28)(H,23,24,25). The third-order valence-corrected chi connectivity index (χ3v) is 4.22. The van der Waals surface area contributed by atoms with Gasteiger partial charge in [0.15, 0.2) is 5.78 Å². The number of ether oxygens (including phenoxy) is 1. The average Bonchev–Trinajstić information content (AvgIpc) is 2.68. The first-order valence-electron chi connectivity index (χ1n) is 9.05. The number of carbonyl (C=O) groups is 2. The summed E-state index contributed by atoms with van der Waals surface area (Å²) in [5.41, 5.74) is 3.06. The molecule has 3 aromatic rings. The Kier molecular flexibility index (Phi) is 5.87. The molecule has 1 heterocycles. The number of amides is 1. The van der Waals surface area contributed by atoms with Gasteiger partial charge in [0.25, 0.3) is 5.91 Å². The van der Waals surface area contributed by atoms with E-state index in [-0.39, 0.29) is 17.4 Å². The van der Waals surface area contributed by atoms with Crippen LogP contribution in [0.15, 0.2) is 48.5 Å². The van der Waals surface area contributed by atoms with E-state index in [4.69, 9.17) is 4.74 Å². The largest absolute Gasteiger partial charge is 0.495 e. The molecule has 148 valence electrons. The molecule has 0 bridgehead atoms. The topological polar surface area (TPSA) is 93.2 Å². The highest BCUT2D eigenvalue weighted by Crippen LogP contribution is 2.26. The van der Waals surface area contributed by atoms with Crippen LogP contribution in [0.4, 0.5) is 17.2 Å². The zero-order valence-corrected chi connectivity index (χ0v) is 16.7. The van der Waals surface area contributed by atoms with Crippen LogP contribution in [0.1, 0.15) is 39.2 Å². The first-order valence-corrected chi connectivity index (χ1v) is 9.05. The monoisotopic (exact) mass is 390 g/mol. The van der Waals surface area contributed by atoms with Gasteiger partial charge in [0.05, 0.1) is 12.8 Å². The maximum absolute atomic E-state index is 12.8. The minimum atomic E-state index is -0.375. The molecule has 2 aromatic carbocycles. The van der Waals surface area contributed by atoms with E-state index in [1.54, 1.807) is 44.4 Å². The Hall–Kier alpha value is -3.74. The van der Waals surface area contributed by atoms with E-state index in [1.807, 2.05) is 25.1 Å². The van der Waals surface area contributed by atoms with Crippen LogP contribution < -0.4 is 15.4 Å². The highest BCUT2D eigenvalue weighted by atomic mass is 16.5. The van der Waals surface area contributed by atoms with Crippen molar-refractivity contribution < 1.29 is 14.3 Å². The highest BCUT2D eigenvalue weighted by Gasteiger charge is 2.14. The Morgan fingerprint density at radius 3 is 2.52 bits per heavy atom. The van der Waals surface area contributed by atoms with Crippen molar-refractivity contribution in [1.82, 2.24) is 9.97 Å². The zero-order valence-electron chi connectivity index (χ0n) is 16.7. The third kappa shape index (κ3) is 4.95. The van der Waals surface area contributed by atoms with Crippen molar-refractivity contribution in [1.29, 1.82) is 0 Å². The third-order valence-electron chi connectivity index (χ3n) is 4.22. The molecule has 0 aliphatic rings. The quantitative estimate of drug-likeness (QED) is 0.610. The fraction of sp³-hybridized carbons (Fsp3) is 0.182. The first kappa shape index (κ1) is 20.0. The number of nitrogens with zero attached hydrogens (tertiary/aromatic N) is 2. The Labute approximate surface area is 169 Å². The van der Waals surface area contributed by atoms with Crippen LogP contribution in [0.5, 0.6) is 5.75 Å². The lowest BCUT2D eigenvalue weighted by Gasteiger charge is -2.12. The van der Waals surface area contributed by atoms with Gasteiger partial charge in [0.2, 0.25) is 0 Å². The molecule has 0 aliphatic carbocycles. The summed E-state index contributed by atoms with van der Waals surface area (Å²) in [5.74, 6) is 1.06. The number of anilines is 3. The van der Waals surface area contributed by atoms with Crippen LogP contribution in [0.2, 0.25) is 0 Å². The number of methoxy groups -OCH3 is 1. The molecule has 0 spiro atoms. The van der Waals surface area contributed by atoms with Crippen LogP contribution in [-0.4, -0.2) is 28.8 Å². The molecule has 0 unspecified atom stereocenters. The molecule has 0 fully saturated rings.